The number of rotatable bonds is 7. The molecule has 1 rings (SSSR count). The smallest absolute Gasteiger partial charge is 0.137 e. The predicted octanol–water partition coefficient (Wildman–Crippen LogP) is 3.40. The lowest BCUT2D eigenvalue weighted by Crippen LogP contribution is -2.09. The van der Waals surface area contributed by atoms with Gasteiger partial charge in [0, 0.05) is 31.7 Å². The van der Waals surface area contributed by atoms with Crippen molar-refractivity contribution in [3.05, 3.63) is 16.5 Å². The Morgan fingerprint density at radius 3 is 2.61 bits per heavy atom. The van der Waals surface area contributed by atoms with E-state index in [9.17, 15) is 0 Å². The summed E-state index contributed by atoms with van der Waals surface area (Å²) < 4.78 is 5.01. The quantitative estimate of drug-likeness (QED) is 0.610. The Morgan fingerprint density at radius 1 is 1.28 bits per heavy atom. The fourth-order valence-corrected chi connectivity index (χ4v) is 1.69. The largest absolute Gasteiger partial charge is 0.385 e. The summed E-state index contributed by atoms with van der Waals surface area (Å²) in [6.45, 7) is 7.72. The molecule has 0 aliphatic rings. The molecule has 4 nitrogen and oxygen atoms in total. The van der Waals surface area contributed by atoms with E-state index in [0.29, 0.717) is 5.15 Å². The summed E-state index contributed by atoms with van der Waals surface area (Å²) in [4.78, 5) is 8.80. The number of unbranched alkanes of at least 4 members (excludes halogenated alkanes) is 1. The summed E-state index contributed by atoms with van der Waals surface area (Å²) in [6.07, 6.45) is 2.09. The topological polar surface area (TPSA) is 47.0 Å². The van der Waals surface area contributed by atoms with Gasteiger partial charge in [0.15, 0.2) is 0 Å². The third-order valence-corrected chi connectivity index (χ3v) is 3.06. The number of aromatic nitrogens is 2. The van der Waals surface area contributed by atoms with E-state index in [1.807, 2.05) is 6.92 Å². The number of hydrogen-bond donors (Lipinski definition) is 1. The summed E-state index contributed by atoms with van der Waals surface area (Å²) >= 11 is 6.11. The standard InChI is InChI=1S/C13H22ClN3O/c1-9(2)12-16-11(14)10(3)13(17-12)15-7-5-6-8-18-4/h9H,5-8H2,1-4H3,(H,15,16,17). The van der Waals surface area contributed by atoms with E-state index in [-0.39, 0.29) is 5.92 Å². The fourth-order valence-electron chi connectivity index (χ4n) is 1.51. The van der Waals surface area contributed by atoms with Crippen molar-refractivity contribution in [2.45, 2.75) is 39.5 Å². The van der Waals surface area contributed by atoms with E-state index in [4.69, 9.17) is 16.3 Å². The van der Waals surface area contributed by atoms with Crippen LogP contribution in [0.1, 0.15) is 44.0 Å². The lowest BCUT2D eigenvalue weighted by atomic mass is 10.2. The Balaban J connectivity index is 2.63. The molecule has 0 bridgehead atoms. The van der Waals surface area contributed by atoms with Crippen molar-refractivity contribution in [3.63, 3.8) is 0 Å². The highest BCUT2D eigenvalue weighted by molar-refractivity contribution is 6.30. The van der Waals surface area contributed by atoms with Crippen LogP contribution in [0.3, 0.4) is 0 Å². The second-order valence-corrected chi connectivity index (χ2v) is 4.99. The van der Waals surface area contributed by atoms with E-state index < -0.39 is 0 Å². The Bertz CT molecular complexity index is 383. The van der Waals surface area contributed by atoms with Crippen molar-refractivity contribution >= 4 is 17.4 Å². The first-order valence-corrected chi connectivity index (χ1v) is 6.71. The summed E-state index contributed by atoms with van der Waals surface area (Å²) in [6, 6.07) is 0. The minimum absolute atomic E-state index is 0.275. The van der Waals surface area contributed by atoms with Crippen LogP contribution in [0.4, 0.5) is 5.82 Å². The minimum Gasteiger partial charge on any atom is -0.385 e. The molecule has 0 saturated carbocycles. The molecule has 18 heavy (non-hydrogen) atoms. The van der Waals surface area contributed by atoms with Crippen LogP contribution in [0.15, 0.2) is 0 Å². The molecular formula is C13H22ClN3O. The first kappa shape index (κ1) is 15.2. The van der Waals surface area contributed by atoms with Crippen molar-refractivity contribution in [2.24, 2.45) is 0 Å². The van der Waals surface area contributed by atoms with Crippen LogP contribution < -0.4 is 5.32 Å². The number of nitrogens with one attached hydrogen (secondary N) is 1. The van der Waals surface area contributed by atoms with E-state index in [0.717, 1.165) is 43.2 Å². The molecule has 0 fully saturated rings. The van der Waals surface area contributed by atoms with Crippen molar-refractivity contribution < 1.29 is 4.74 Å². The molecule has 1 heterocycles. The highest BCUT2D eigenvalue weighted by atomic mass is 35.5. The van der Waals surface area contributed by atoms with Gasteiger partial charge in [0.2, 0.25) is 0 Å². The summed E-state index contributed by atoms with van der Waals surface area (Å²) in [5.74, 6) is 1.90. The van der Waals surface area contributed by atoms with Gasteiger partial charge < -0.3 is 10.1 Å². The van der Waals surface area contributed by atoms with E-state index in [1.54, 1.807) is 7.11 Å². The molecule has 0 unspecified atom stereocenters. The zero-order valence-corrected chi connectivity index (χ0v) is 12.3. The molecule has 102 valence electrons. The van der Waals surface area contributed by atoms with Gasteiger partial charge in [-0.15, -0.1) is 0 Å². The maximum Gasteiger partial charge on any atom is 0.137 e. The summed E-state index contributed by atoms with van der Waals surface area (Å²) in [5.41, 5.74) is 0.910. The number of halogens is 1. The van der Waals surface area contributed by atoms with Crippen LogP contribution in [0, 0.1) is 6.92 Å². The van der Waals surface area contributed by atoms with Gasteiger partial charge >= 0.3 is 0 Å². The van der Waals surface area contributed by atoms with Gasteiger partial charge in [-0.05, 0) is 19.8 Å². The van der Waals surface area contributed by atoms with Gasteiger partial charge in [-0.25, -0.2) is 9.97 Å². The third-order valence-electron chi connectivity index (χ3n) is 2.69. The maximum absolute atomic E-state index is 6.11. The van der Waals surface area contributed by atoms with Crippen molar-refractivity contribution in [3.8, 4) is 0 Å². The number of anilines is 1. The lowest BCUT2D eigenvalue weighted by molar-refractivity contribution is 0.194. The summed E-state index contributed by atoms with van der Waals surface area (Å²) in [5, 5.41) is 3.85. The Morgan fingerprint density at radius 2 is 2.00 bits per heavy atom. The summed E-state index contributed by atoms with van der Waals surface area (Å²) in [7, 11) is 1.72. The minimum atomic E-state index is 0.275. The number of hydrogen-bond acceptors (Lipinski definition) is 4. The zero-order chi connectivity index (χ0) is 13.5. The molecule has 0 aliphatic heterocycles. The molecular weight excluding hydrogens is 250 g/mol. The monoisotopic (exact) mass is 271 g/mol. The number of nitrogens with zero attached hydrogens (tertiary/aromatic N) is 2. The Kier molecular flexibility index (Phi) is 6.36. The molecule has 0 spiro atoms. The van der Waals surface area contributed by atoms with Crippen LogP contribution in [0.25, 0.3) is 0 Å². The van der Waals surface area contributed by atoms with Gasteiger partial charge in [0.25, 0.3) is 0 Å². The zero-order valence-electron chi connectivity index (χ0n) is 11.6. The first-order chi connectivity index (χ1) is 8.56. The van der Waals surface area contributed by atoms with E-state index >= 15 is 0 Å². The van der Waals surface area contributed by atoms with Crippen LogP contribution in [0.5, 0.6) is 0 Å². The third kappa shape index (κ3) is 4.42. The first-order valence-electron chi connectivity index (χ1n) is 6.33. The normalized spacial score (nSPS) is 11.0. The van der Waals surface area contributed by atoms with Crippen LogP contribution in [0.2, 0.25) is 5.15 Å². The van der Waals surface area contributed by atoms with Gasteiger partial charge in [0.1, 0.15) is 16.8 Å². The molecule has 0 atom stereocenters. The molecule has 0 radical (unpaired) electrons. The lowest BCUT2D eigenvalue weighted by Gasteiger charge is -2.12. The molecule has 5 heteroatoms. The highest BCUT2D eigenvalue weighted by Gasteiger charge is 2.11. The Labute approximate surface area is 114 Å². The second kappa shape index (κ2) is 7.54. The van der Waals surface area contributed by atoms with Gasteiger partial charge in [0.05, 0.1) is 0 Å². The molecule has 1 aromatic rings. The van der Waals surface area contributed by atoms with Crippen molar-refractivity contribution in [2.75, 3.05) is 25.6 Å². The van der Waals surface area contributed by atoms with Crippen molar-refractivity contribution in [1.29, 1.82) is 0 Å². The van der Waals surface area contributed by atoms with Crippen molar-refractivity contribution in [1.82, 2.24) is 9.97 Å². The van der Waals surface area contributed by atoms with Crippen LogP contribution in [-0.4, -0.2) is 30.2 Å². The SMILES string of the molecule is COCCCCNc1nc(C(C)C)nc(Cl)c1C. The molecule has 0 saturated heterocycles. The van der Waals surface area contributed by atoms with Gasteiger partial charge in [-0.1, -0.05) is 25.4 Å². The fraction of sp³-hybridized carbons (Fsp3) is 0.692. The van der Waals surface area contributed by atoms with Crippen LogP contribution in [-0.2, 0) is 4.74 Å². The molecule has 0 aromatic carbocycles. The molecule has 0 amide bonds. The van der Waals surface area contributed by atoms with E-state index in [1.165, 1.54) is 0 Å². The average Bonchev–Trinajstić information content (AvgIpc) is 2.33. The maximum atomic E-state index is 6.11. The number of ether oxygens (including phenoxy) is 1. The molecule has 1 N–H and O–H groups in total. The highest BCUT2D eigenvalue weighted by Crippen LogP contribution is 2.22. The van der Waals surface area contributed by atoms with Crippen LogP contribution >= 0.6 is 11.6 Å². The van der Waals surface area contributed by atoms with Gasteiger partial charge in [-0.3, -0.25) is 0 Å². The molecule has 1 aromatic heterocycles. The number of methoxy groups -OCH3 is 1. The second-order valence-electron chi connectivity index (χ2n) is 4.63. The Hall–Kier alpha value is -0.870. The van der Waals surface area contributed by atoms with E-state index in [2.05, 4.69) is 29.1 Å². The average molecular weight is 272 g/mol. The van der Waals surface area contributed by atoms with Gasteiger partial charge in [-0.2, -0.15) is 0 Å². The molecule has 0 aliphatic carbocycles. The predicted molar refractivity (Wildman–Crippen MR) is 75.5 cm³/mol.